The maximum absolute atomic E-state index is 12.5. The monoisotopic (exact) mass is 391 g/mol. The summed E-state index contributed by atoms with van der Waals surface area (Å²) in [5.41, 5.74) is 2.02. The minimum atomic E-state index is -0.380. The average Bonchev–Trinajstić information content (AvgIpc) is 2.78. The van der Waals surface area contributed by atoms with Crippen molar-refractivity contribution in [2.75, 3.05) is 19.5 Å². The van der Waals surface area contributed by atoms with Gasteiger partial charge in [0.25, 0.3) is 11.8 Å². The summed E-state index contributed by atoms with van der Waals surface area (Å²) in [6, 6.07) is 17.5. The Hall–Kier alpha value is -3.87. The van der Waals surface area contributed by atoms with Gasteiger partial charge in [-0.15, -0.1) is 0 Å². The number of carbonyl (C=O) groups excluding carboxylic acids is 2. The second-order valence-electron chi connectivity index (χ2n) is 6.12. The predicted octanol–water partition coefficient (Wildman–Crippen LogP) is 3.28. The molecule has 7 heteroatoms. The summed E-state index contributed by atoms with van der Waals surface area (Å²) in [6.45, 7) is 0.279. The number of nitrogens with one attached hydrogen (secondary N) is 2. The molecule has 0 unspecified atom stereocenters. The first-order valence-corrected chi connectivity index (χ1v) is 8.92. The van der Waals surface area contributed by atoms with E-state index in [1.807, 2.05) is 24.3 Å². The van der Waals surface area contributed by atoms with E-state index in [1.165, 1.54) is 12.3 Å². The molecular weight excluding hydrogens is 370 g/mol. The third-order valence-corrected chi connectivity index (χ3v) is 4.19. The molecule has 3 aromatic rings. The Morgan fingerprint density at radius 3 is 2.38 bits per heavy atom. The van der Waals surface area contributed by atoms with E-state index in [1.54, 1.807) is 44.6 Å². The van der Waals surface area contributed by atoms with E-state index in [-0.39, 0.29) is 24.1 Å². The fraction of sp³-hybridized carbons (Fsp3) is 0.136. The van der Waals surface area contributed by atoms with E-state index in [0.29, 0.717) is 22.7 Å². The Kier molecular flexibility index (Phi) is 6.42. The molecule has 7 nitrogen and oxygen atoms in total. The van der Waals surface area contributed by atoms with Crippen molar-refractivity contribution in [2.24, 2.45) is 0 Å². The molecule has 2 aromatic carbocycles. The third kappa shape index (κ3) is 5.10. The maximum Gasteiger partial charge on any atom is 0.270 e. The summed E-state index contributed by atoms with van der Waals surface area (Å²) in [7, 11) is 3.11. The van der Waals surface area contributed by atoms with E-state index >= 15 is 0 Å². The highest BCUT2D eigenvalue weighted by molar-refractivity contribution is 6.05. The summed E-state index contributed by atoms with van der Waals surface area (Å²) in [5, 5.41) is 5.57. The lowest BCUT2D eigenvalue weighted by atomic mass is 10.1. The van der Waals surface area contributed by atoms with Gasteiger partial charge >= 0.3 is 0 Å². The summed E-state index contributed by atoms with van der Waals surface area (Å²) >= 11 is 0. The zero-order valence-corrected chi connectivity index (χ0v) is 16.1. The minimum Gasteiger partial charge on any atom is -0.493 e. The molecule has 148 valence electrons. The van der Waals surface area contributed by atoms with Crippen molar-refractivity contribution < 1.29 is 19.1 Å². The second-order valence-corrected chi connectivity index (χ2v) is 6.12. The van der Waals surface area contributed by atoms with E-state index in [4.69, 9.17) is 9.47 Å². The number of carbonyl (C=O) groups is 2. The molecule has 1 aromatic heterocycles. The van der Waals surface area contributed by atoms with Crippen LogP contribution in [0, 0.1) is 0 Å². The Balaban J connectivity index is 1.65. The van der Waals surface area contributed by atoms with Crippen LogP contribution in [0.25, 0.3) is 0 Å². The molecule has 2 N–H and O–H groups in total. The first-order valence-electron chi connectivity index (χ1n) is 8.92. The number of methoxy groups -OCH3 is 2. The van der Waals surface area contributed by atoms with E-state index in [2.05, 4.69) is 15.6 Å². The van der Waals surface area contributed by atoms with Crippen molar-refractivity contribution in [2.45, 2.75) is 6.54 Å². The van der Waals surface area contributed by atoms with Gasteiger partial charge in [-0.05, 0) is 42.0 Å². The van der Waals surface area contributed by atoms with Crippen LogP contribution in [0.3, 0.4) is 0 Å². The van der Waals surface area contributed by atoms with Gasteiger partial charge in [0.1, 0.15) is 5.69 Å². The fourth-order valence-electron chi connectivity index (χ4n) is 2.68. The van der Waals surface area contributed by atoms with E-state index < -0.39 is 0 Å². The van der Waals surface area contributed by atoms with Crippen LogP contribution in [0.1, 0.15) is 26.4 Å². The van der Waals surface area contributed by atoms with Crippen LogP contribution in [0.4, 0.5) is 5.69 Å². The first-order chi connectivity index (χ1) is 14.1. The number of rotatable bonds is 7. The lowest BCUT2D eigenvalue weighted by Crippen LogP contribution is -2.24. The maximum atomic E-state index is 12.5. The molecule has 3 rings (SSSR count). The third-order valence-electron chi connectivity index (χ3n) is 4.19. The van der Waals surface area contributed by atoms with Crippen molar-refractivity contribution >= 4 is 17.5 Å². The fourth-order valence-corrected chi connectivity index (χ4v) is 2.68. The highest BCUT2D eigenvalue weighted by Gasteiger charge is 2.13. The van der Waals surface area contributed by atoms with E-state index in [9.17, 15) is 9.59 Å². The zero-order chi connectivity index (χ0) is 20.6. The summed E-state index contributed by atoms with van der Waals surface area (Å²) in [5.74, 6) is 0.500. The topological polar surface area (TPSA) is 89.5 Å². The molecular formula is C22H21N3O4. The zero-order valence-electron chi connectivity index (χ0n) is 16.1. The van der Waals surface area contributed by atoms with Gasteiger partial charge in [-0.25, -0.2) is 0 Å². The Labute approximate surface area is 168 Å². The highest BCUT2D eigenvalue weighted by atomic mass is 16.5. The molecule has 1 heterocycles. The average molecular weight is 391 g/mol. The minimum absolute atomic E-state index is 0.159. The van der Waals surface area contributed by atoms with Crippen LogP contribution < -0.4 is 20.1 Å². The molecule has 0 aliphatic rings. The number of hydrogen-bond acceptors (Lipinski definition) is 5. The number of benzene rings is 2. The van der Waals surface area contributed by atoms with Crippen molar-refractivity contribution in [1.82, 2.24) is 10.3 Å². The van der Waals surface area contributed by atoms with Crippen LogP contribution in [0.5, 0.6) is 11.5 Å². The highest BCUT2D eigenvalue weighted by Crippen LogP contribution is 2.27. The van der Waals surface area contributed by atoms with Crippen molar-refractivity contribution in [3.63, 3.8) is 0 Å². The quantitative estimate of drug-likeness (QED) is 0.645. The summed E-state index contributed by atoms with van der Waals surface area (Å²) < 4.78 is 10.5. The molecule has 0 aliphatic carbocycles. The molecule has 0 aliphatic heterocycles. The summed E-state index contributed by atoms with van der Waals surface area (Å²) in [6.07, 6.45) is 1.44. The van der Waals surface area contributed by atoms with Crippen LogP contribution >= 0.6 is 0 Å². The van der Waals surface area contributed by atoms with Gasteiger partial charge in [0.15, 0.2) is 11.5 Å². The number of aromatic nitrogens is 1. The largest absolute Gasteiger partial charge is 0.493 e. The normalized spacial score (nSPS) is 10.1. The number of anilines is 1. The van der Waals surface area contributed by atoms with Crippen LogP contribution in [0.2, 0.25) is 0 Å². The first kappa shape index (κ1) is 19.9. The number of ether oxygens (including phenoxy) is 2. The van der Waals surface area contributed by atoms with Gasteiger partial charge in [0.05, 0.1) is 14.2 Å². The molecule has 0 atom stereocenters. The standard InChI is InChI=1S/C22H21N3O4/c1-28-19-9-8-15(12-20(19)29-2)14-24-22(27)18-13-16(10-11-23-18)21(26)25-17-6-4-3-5-7-17/h3-13H,14H2,1-2H3,(H,24,27)(H,25,26). The lowest BCUT2D eigenvalue weighted by Gasteiger charge is -2.10. The molecule has 0 radical (unpaired) electrons. The number of para-hydroxylation sites is 1. The molecule has 29 heavy (non-hydrogen) atoms. The van der Waals surface area contributed by atoms with Crippen LogP contribution in [-0.2, 0) is 6.54 Å². The molecule has 2 amide bonds. The molecule has 0 spiro atoms. The van der Waals surface area contributed by atoms with Gasteiger partial charge in [0.2, 0.25) is 0 Å². The van der Waals surface area contributed by atoms with Crippen LogP contribution in [-0.4, -0.2) is 31.0 Å². The van der Waals surface area contributed by atoms with Crippen molar-refractivity contribution in [3.8, 4) is 11.5 Å². The van der Waals surface area contributed by atoms with Gasteiger partial charge in [-0.3, -0.25) is 14.6 Å². The number of amides is 2. The summed E-state index contributed by atoms with van der Waals surface area (Å²) in [4.78, 5) is 28.9. The van der Waals surface area contributed by atoms with Gasteiger partial charge in [-0.2, -0.15) is 0 Å². The Morgan fingerprint density at radius 2 is 1.66 bits per heavy atom. The SMILES string of the molecule is COc1ccc(CNC(=O)c2cc(C(=O)Nc3ccccc3)ccn2)cc1OC. The van der Waals surface area contributed by atoms with Crippen LogP contribution in [0.15, 0.2) is 66.9 Å². The Morgan fingerprint density at radius 1 is 0.897 bits per heavy atom. The molecule has 0 fully saturated rings. The molecule has 0 saturated carbocycles. The predicted molar refractivity (Wildman–Crippen MR) is 109 cm³/mol. The van der Waals surface area contributed by atoms with Crippen molar-refractivity contribution in [3.05, 3.63) is 83.7 Å². The van der Waals surface area contributed by atoms with Crippen molar-refractivity contribution in [1.29, 1.82) is 0 Å². The van der Waals surface area contributed by atoms with Gasteiger partial charge < -0.3 is 20.1 Å². The molecule has 0 bridgehead atoms. The second kappa shape index (κ2) is 9.36. The van der Waals surface area contributed by atoms with Gasteiger partial charge in [-0.1, -0.05) is 24.3 Å². The number of nitrogens with zero attached hydrogens (tertiary/aromatic N) is 1. The molecule has 0 saturated heterocycles. The van der Waals surface area contributed by atoms with Gasteiger partial charge in [0, 0.05) is 24.0 Å². The van der Waals surface area contributed by atoms with E-state index in [0.717, 1.165) is 5.56 Å². The lowest BCUT2D eigenvalue weighted by molar-refractivity contribution is 0.0946. The number of pyridine rings is 1. The Bertz CT molecular complexity index is 1010. The number of hydrogen-bond donors (Lipinski definition) is 2. The smallest absolute Gasteiger partial charge is 0.270 e.